The van der Waals surface area contributed by atoms with Gasteiger partial charge in [0.25, 0.3) is 5.91 Å². The van der Waals surface area contributed by atoms with Gasteiger partial charge in [-0.15, -0.1) is 0 Å². The Bertz CT molecular complexity index is 303. The van der Waals surface area contributed by atoms with Crippen LogP contribution >= 0.6 is 0 Å². The van der Waals surface area contributed by atoms with Gasteiger partial charge in [-0.3, -0.25) is 4.79 Å². The van der Waals surface area contributed by atoms with Gasteiger partial charge < -0.3 is 10.3 Å². The fourth-order valence-corrected chi connectivity index (χ4v) is 1.29. The lowest BCUT2D eigenvalue weighted by Crippen LogP contribution is -2.31. The molecule has 0 radical (unpaired) electrons. The van der Waals surface area contributed by atoms with Gasteiger partial charge in [-0.1, -0.05) is 0 Å². The van der Waals surface area contributed by atoms with E-state index in [-0.39, 0.29) is 5.91 Å². The van der Waals surface area contributed by atoms with E-state index in [4.69, 9.17) is 0 Å². The molecule has 0 unspecified atom stereocenters. The molecule has 0 saturated carbocycles. The Kier molecular flexibility index (Phi) is 1.21. The number of nitrogens with zero attached hydrogens (tertiary/aromatic N) is 1. The lowest BCUT2D eigenvalue weighted by atomic mass is 10.2. The minimum Gasteiger partial charge on any atom is -0.350 e. The molecule has 0 saturated heterocycles. The number of carbonyl (C=O) groups excluding carboxylic acids is 1. The summed E-state index contributed by atoms with van der Waals surface area (Å²) < 4.78 is 0. The molecule has 1 amide bonds. The van der Waals surface area contributed by atoms with Crippen LogP contribution in [-0.2, 0) is 6.42 Å². The third kappa shape index (κ3) is 0.906. The number of hydrogen-bond donors (Lipinski definition) is 2. The van der Waals surface area contributed by atoms with Crippen LogP contribution in [0.2, 0.25) is 0 Å². The van der Waals surface area contributed by atoms with Crippen molar-refractivity contribution in [2.24, 2.45) is 0 Å². The largest absolute Gasteiger partial charge is 0.350 e. The molecule has 2 N–H and O–H groups in total. The van der Waals surface area contributed by atoms with E-state index < -0.39 is 0 Å². The van der Waals surface area contributed by atoms with Crippen LogP contribution < -0.4 is 5.32 Å². The quantitative estimate of drug-likeness (QED) is 0.548. The number of imidazole rings is 1. The normalized spacial score (nSPS) is 15.9. The summed E-state index contributed by atoms with van der Waals surface area (Å²) in [7, 11) is 0. The predicted molar refractivity (Wildman–Crippen MR) is 39.4 cm³/mol. The first kappa shape index (κ1) is 6.39. The summed E-state index contributed by atoms with van der Waals surface area (Å²) in [4.78, 5) is 18.2. The van der Waals surface area contributed by atoms with Crippen LogP contribution in [0.3, 0.4) is 0 Å². The third-order valence-corrected chi connectivity index (χ3v) is 1.77. The molecule has 1 aliphatic rings. The third-order valence-electron chi connectivity index (χ3n) is 1.77. The first-order valence-corrected chi connectivity index (χ1v) is 3.61. The van der Waals surface area contributed by atoms with Crippen molar-refractivity contribution in [3.05, 3.63) is 17.2 Å². The number of H-pyrrole nitrogens is 1. The van der Waals surface area contributed by atoms with E-state index in [1.54, 1.807) is 0 Å². The number of aromatic nitrogens is 2. The van der Waals surface area contributed by atoms with Gasteiger partial charge in [0.15, 0.2) is 0 Å². The number of aryl methyl sites for hydroxylation is 1. The maximum atomic E-state index is 11.1. The maximum absolute atomic E-state index is 11.1. The number of rotatable bonds is 0. The molecule has 0 atom stereocenters. The second kappa shape index (κ2) is 2.08. The summed E-state index contributed by atoms with van der Waals surface area (Å²) in [6.45, 7) is 2.56. The minimum atomic E-state index is -0.0353. The van der Waals surface area contributed by atoms with Crippen LogP contribution in [0.1, 0.15) is 22.0 Å². The van der Waals surface area contributed by atoms with Crippen molar-refractivity contribution in [1.29, 1.82) is 0 Å². The Morgan fingerprint density at radius 1 is 1.55 bits per heavy atom. The van der Waals surface area contributed by atoms with Crippen molar-refractivity contribution in [1.82, 2.24) is 15.3 Å². The standard InChI is InChI=1S/C7H9N3O/c1-4-9-5-2-3-8-7(11)6(5)10-4/h2-3H2,1H3,(H,8,11)(H,9,10). The van der Waals surface area contributed by atoms with E-state index in [1.165, 1.54) is 0 Å². The lowest BCUT2D eigenvalue weighted by molar-refractivity contribution is 0.0941. The summed E-state index contributed by atoms with van der Waals surface area (Å²) in [5, 5.41) is 2.74. The molecule has 0 aromatic carbocycles. The van der Waals surface area contributed by atoms with Gasteiger partial charge in [0.2, 0.25) is 0 Å². The molecule has 1 aliphatic heterocycles. The van der Waals surface area contributed by atoms with Gasteiger partial charge in [0.1, 0.15) is 11.5 Å². The smallest absolute Gasteiger partial charge is 0.269 e. The Balaban J connectivity index is 2.52. The molecule has 2 rings (SSSR count). The summed E-state index contributed by atoms with van der Waals surface area (Å²) in [6.07, 6.45) is 0.839. The molecule has 1 aromatic heterocycles. The zero-order chi connectivity index (χ0) is 7.84. The van der Waals surface area contributed by atoms with E-state index in [0.717, 1.165) is 17.9 Å². The number of nitrogens with one attached hydrogen (secondary N) is 2. The molecule has 4 heteroatoms. The highest BCUT2D eigenvalue weighted by atomic mass is 16.1. The van der Waals surface area contributed by atoms with E-state index in [0.29, 0.717) is 12.2 Å². The van der Waals surface area contributed by atoms with Gasteiger partial charge in [0.05, 0.1) is 5.69 Å². The Morgan fingerprint density at radius 3 is 3.09 bits per heavy atom. The van der Waals surface area contributed by atoms with Crippen molar-refractivity contribution in [3.63, 3.8) is 0 Å². The van der Waals surface area contributed by atoms with Gasteiger partial charge in [0, 0.05) is 13.0 Å². The first-order valence-electron chi connectivity index (χ1n) is 3.61. The summed E-state index contributed by atoms with van der Waals surface area (Å²) in [5.74, 6) is 0.777. The Morgan fingerprint density at radius 2 is 2.36 bits per heavy atom. The van der Waals surface area contributed by atoms with Crippen LogP contribution in [-0.4, -0.2) is 22.4 Å². The van der Waals surface area contributed by atoms with Crippen LogP contribution in [0.15, 0.2) is 0 Å². The molecule has 0 bridgehead atoms. The molecule has 11 heavy (non-hydrogen) atoms. The Hall–Kier alpha value is -1.32. The summed E-state index contributed by atoms with van der Waals surface area (Å²) in [6, 6.07) is 0. The molecular weight excluding hydrogens is 142 g/mol. The van der Waals surface area contributed by atoms with Crippen LogP contribution in [0.25, 0.3) is 0 Å². The number of hydrogen-bond acceptors (Lipinski definition) is 2. The van der Waals surface area contributed by atoms with Gasteiger partial charge in [-0.05, 0) is 6.92 Å². The van der Waals surface area contributed by atoms with Gasteiger partial charge >= 0.3 is 0 Å². The predicted octanol–water partition coefficient (Wildman–Crippen LogP) is 0.00402. The average Bonchev–Trinajstić information content (AvgIpc) is 2.31. The molecule has 2 heterocycles. The summed E-state index contributed by atoms with van der Waals surface area (Å²) >= 11 is 0. The van der Waals surface area contributed by atoms with Crippen LogP contribution in [0.4, 0.5) is 0 Å². The topological polar surface area (TPSA) is 57.8 Å². The highest BCUT2D eigenvalue weighted by Gasteiger charge is 2.19. The maximum Gasteiger partial charge on any atom is 0.269 e. The van der Waals surface area contributed by atoms with Gasteiger partial charge in [-0.2, -0.15) is 0 Å². The van der Waals surface area contributed by atoms with Crippen molar-refractivity contribution in [2.75, 3.05) is 6.54 Å². The zero-order valence-electron chi connectivity index (χ0n) is 6.27. The monoisotopic (exact) mass is 151 g/mol. The minimum absolute atomic E-state index is 0.0353. The second-order valence-corrected chi connectivity index (χ2v) is 2.65. The van der Waals surface area contributed by atoms with Crippen molar-refractivity contribution in [2.45, 2.75) is 13.3 Å². The van der Waals surface area contributed by atoms with E-state index in [9.17, 15) is 4.79 Å². The van der Waals surface area contributed by atoms with Gasteiger partial charge in [-0.25, -0.2) is 4.98 Å². The number of fused-ring (bicyclic) bond motifs is 1. The van der Waals surface area contributed by atoms with Crippen molar-refractivity contribution in [3.8, 4) is 0 Å². The molecule has 0 fully saturated rings. The Labute approximate surface area is 64.0 Å². The highest BCUT2D eigenvalue weighted by molar-refractivity contribution is 5.94. The van der Waals surface area contributed by atoms with E-state index >= 15 is 0 Å². The number of aromatic amines is 1. The van der Waals surface area contributed by atoms with E-state index in [1.807, 2.05) is 6.92 Å². The molecule has 0 aliphatic carbocycles. The summed E-state index contributed by atoms with van der Waals surface area (Å²) in [5.41, 5.74) is 1.53. The van der Waals surface area contributed by atoms with Crippen LogP contribution in [0, 0.1) is 6.92 Å². The molecule has 58 valence electrons. The highest BCUT2D eigenvalue weighted by Crippen LogP contribution is 2.09. The fraction of sp³-hybridized carbons (Fsp3) is 0.429. The number of carbonyl (C=O) groups is 1. The first-order chi connectivity index (χ1) is 5.27. The molecule has 0 spiro atoms. The fourth-order valence-electron chi connectivity index (χ4n) is 1.29. The second-order valence-electron chi connectivity index (χ2n) is 2.65. The van der Waals surface area contributed by atoms with Crippen LogP contribution in [0.5, 0.6) is 0 Å². The molecule has 1 aromatic rings. The average molecular weight is 151 g/mol. The number of amides is 1. The zero-order valence-corrected chi connectivity index (χ0v) is 6.27. The van der Waals surface area contributed by atoms with Crippen molar-refractivity contribution >= 4 is 5.91 Å². The SMILES string of the molecule is Cc1nc2c([nH]1)C(=O)NCC2. The molecular formula is C7H9N3O. The van der Waals surface area contributed by atoms with Crippen molar-refractivity contribution < 1.29 is 4.79 Å². The molecule has 4 nitrogen and oxygen atoms in total. The van der Waals surface area contributed by atoms with E-state index in [2.05, 4.69) is 15.3 Å². The lowest BCUT2D eigenvalue weighted by Gasteiger charge is -2.09.